The van der Waals surface area contributed by atoms with Gasteiger partial charge >= 0.3 is 5.97 Å². The molecule has 1 amide bonds. The minimum absolute atomic E-state index is 0.0427. The Morgan fingerprint density at radius 1 is 1.29 bits per heavy atom. The molecule has 0 unspecified atom stereocenters. The molecule has 6 heteroatoms. The molecule has 0 aromatic carbocycles. The average Bonchev–Trinajstić information content (AvgIpc) is 2.83. The molecule has 1 aliphatic rings. The standard InChI is InChI=1S/C15H22N2O3S/c1-8(2)12(16)13(18)17-14-11(15(19)20-3)9-6-4-5-7-10(9)21-14/h8,12H,4-7,16H2,1-3H3,(H,17,18)/t12-/m0/s1. The first kappa shape index (κ1) is 16.0. The van der Waals surface area contributed by atoms with Gasteiger partial charge in [-0.05, 0) is 37.2 Å². The number of hydrogen-bond donors (Lipinski definition) is 2. The summed E-state index contributed by atoms with van der Waals surface area (Å²) in [7, 11) is 1.36. The second kappa shape index (κ2) is 6.58. The Morgan fingerprint density at radius 2 is 1.95 bits per heavy atom. The third kappa shape index (κ3) is 3.27. The van der Waals surface area contributed by atoms with Gasteiger partial charge in [0.2, 0.25) is 5.91 Å². The highest BCUT2D eigenvalue weighted by atomic mass is 32.1. The fourth-order valence-electron chi connectivity index (χ4n) is 2.47. The predicted octanol–water partition coefficient (Wildman–Crippen LogP) is 2.34. The Labute approximate surface area is 128 Å². The van der Waals surface area contributed by atoms with Crippen molar-refractivity contribution in [3.8, 4) is 0 Å². The highest BCUT2D eigenvalue weighted by molar-refractivity contribution is 7.17. The van der Waals surface area contributed by atoms with E-state index in [9.17, 15) is 9.59 Å². The van der Waals surface area contributed by atoms with E-state index >= 15 is 0 Å². The van der Waals surface area contributed by atoms with Crippen LogP contribution in [0.4, 0.5) is 5.00 Å². The zero-order chi connectivity index (χ0) is 15.6. The van der Waals surface area contributed by atoms with Gasteiger partial charge in [0.15, 0.2) is 0 Å². The van der Waals surface area contributed by atoms with Crippen molar-refractivity contribution < 1.29 is 14.3 Å². The summed E-state index contributed by atoms with van der Waals surface area (Å²) in [5.74, 6) is -0.599. The SMILES string of the molecule is COC(=O)c1c(NC(=O)[C@@H](N)C(C)C)sc2c1CCCC2. The van der Waals surface area contributed by atoms with E-state index in [0.29, 0.717) is 10.6 Å². The second-order valence-corrected chi connectivity index (χ2v) is 6.77. The quantitative estimate of drug-likeness (QED) is 0.836. The number of carbonyl (C=O) groups is 2. The van der Waals surface area contributed by atoms with Crippen LogP contribution in [0.15, 0.2) is 0 Å². The van der Waals surface area contributed by atoms with Crippen LogP contribution in [-0.2, 0) is 22.4 Å². The summed E-state index contributed by atoms with van der Waals surface area (Å²) in [6.45, 7) is 3.79. The van der Waals surface area contributed by atoms with Gasteiger partial charge in [-0.2, -0.15) is 0 Å². The third-order valence-corrected chi connectivity index (χ3v) is 5.03. The van der Waals surface area contributed by atoms with Crippen LogP contribution >= 0.6 is 11.3 Å². The normalized spacial score (nSPS) is 15.5. The summed E-state index contributed by atoms with van der Waals surface area (Å²) in [5, 5.41) is 3.40. The molecule has 0 bridgehead atoms. The summed E-state index contributed by atoms with van der Waals surface area (Å²) >= 11 is 1.47. The van der Waals surface area contributed by atoms with Gasteiger partial charge in [0.25, 0.3) is 0 Å². The molecule has 1 atom stereocenters. The Hall–Kier alpha value is -1.40. The molecule has 3 N–H and O–H groups in total. The van der Waals surface area contributed by atoms with Gasteiger partial charge in [-0.3, -0.25) is 4.79 Å². The van der Waals surface area contributed by atoms with Crippen LogP contribution in [0.5, 0.6) is 0 Å². The fraction of sp³-hybridized carbons (Fsp3) is 0.600. The number of rotatable bonds is 4. The van der Waals surface area contributed by atoms with E-state index in [2.05, 4.69) is 5.32 Å². The molecule has 0 spiro atoms. The molecule has 0 radical (unpaired) electrons. The molecular formula is C15H22N2O3S. The largest absolute Gasteiger partial charge is 0.465 e. The number of anilines is 1. The third-order valence-electron chi connectivity index (χ3n) is 3.82. The lowest BCUT2D eigenvalue weighted by atomic mass is 9.95. The van der Waals surface area contributed by atoms with Crippen LogP contribution in [0.2, 0.25) is 0 Å². The van der Waals surface area contributed by atoms with Crippen molar-refractivity contribution in [2.45, 2.75) is 45.6 Å². The number of thiophene rings is 1. The number of carbonyl (C=O) groups excluding carboxylic acids is 2. The van der Waals surface area contributed by atoms with E-state index < -0.39 is 6.04 Å². The molecule has 0 saturated heterocycles. The maximum Gasteiger partial charge on any atom is 0.341 e. The van der Waals surface area contributed by atoms with Gasteiger partial charge in [-0.1, -0.05) is 13.8 Å². The number of nitrogens with two attached hydrogens (primary N) is 1. The summed E-state index contributed by atoms with van der Waals surface area (Å²) in [6.07, 6.45) is 4.00. The van der Waals surface area contributed by atoms with Crippen LogP contribution in [0.3, 0.4) is 0 Å². The molecular weight excluding hydrogens is 288 g/mol. The molecule has 1 aromatic heterocycles. The number of nitrogens with one attached hydrogen (secondary N) is 1. The molecule has 1 aliphatic carbocycles. The Kier molecular flexibility index (Phi) is 5.00. The van der Waals surface area contributed by atoms with Crippen molar-refractivity contribution in [3.63, 3.8) is 0 Å². The minimum Gasteiger partial charge on any atom is -0.465 e. The first-order valence-corrected chi connectivity index (χ1v) is 8.06. The maximum atomic E-state index is 12.1. The van der Waals surface area contributed by atoms with Crippen molar-refractivity contribution in [2.24, 2.45) is 11.7 Å². The van der Waals surface area contributed by atoms with E-state index in [0.717, 1.165) is 31.2 Å². The molecule has 0 saturated carbocycles. The maximum absolute atomic E-state index is 12.1. The van der Waals surface area contributed by atoms with Crippen LogP contribution in [0.1, 0.15) is 47.5 Å². The predicted molar refractivity (Wildman–Crippen MR) is 83.7 cm³/mol. The molecule has 1 aromatic rings. The molecule has 1 heterocycles. The molecule has 116 valence electrons. The number of fused-ring (bicyclic) bond motifs is 1. The Balaban J connectivity index is 2.32. The lowest BCUT2D eigenvalue weighted by Crippen LogP contribution is -2.39. The molecule has 21 heavy (non-hydrogen) atoms. The number of amides is 1. The van der Waals surface area contributed by atoms with Crippen LogP contribution in [-0.4, -0.2) is 25.0 Å². The lowest BCUT2D eigenvalue weighted by molar-refractivity contribution is -0.118. The minimum atomic E-state index is -0.588. The topological polar surface area (TPSA) is 81.4 Å². The van der Waals surface area contributed by atoms with E-state index in [1.807, 2.05) is 13.8 Å². The zero-order valence-electron chi connectivity index (χ0n) is 12.7. The first-order chi connectivity index (χ1) is 9.95. The first-order valence-electron chi connectivity index (χ1n) is 7.25. The Bertz CT molecular complexity index is 551. The number of ether oxygens (including phenoxy) is 1. The van der Waals surface area contributed by atoms with Crippen LogP contribution in [0, 0.1) is 5.92 Å². The summed E-state index contributed by atoms with van der Waals surface area (Å²) in [6, 6.07) is -0.588. The number of methoxy groups -OCH3 is 1. The van der Waals surface area contributed by atoms with Crippen molar-refractivity contribution in [2.75, 3.05) is 12.4 Å². The van der Waals surface area contributed by atoms with Crippen molar-refractivity contribution in [1.29, 1.82) is 0 Å². The monoisotopic (exact) mass is 310 g/mol. The van der Waals surface area contributed by atoms with Gasteiger partial charge in [-0.25, -0.2) is 4.79 Å². The number of esters is 1. The van der Waals surface area contributed by atoms with Crippen molar-refractivity contribution in [1.82, 2.24) is 0 Å². The summed E-state index contributed by atoms with van der Waals surface area (Å²) in [4.78, 5) is 25.4. The van der Waals surface area contributed by atoms with Crippen molar-refractivity contribution >= 4 is 28.2 Å². The van der Waals surface area contributed by atoms with Gasteiger partial charge in [0.1, 0.15) is 5.00 Å². The molecule has 0 fully saturated rings. The number of hydrogen-bond acceptors (Lipinski definition) is 5. The van der Waals surface area contributed by atoms with Gasteiger partial charge < -0.3 is 15.8 Å². The fourth-order valence-corrected chi connectivity index (χ4v) is 3.75. The van der Waals surface area contributed by atoms with Crippen LogP contribution in [0.25, 0.3) is 0 Å². The van der Waals surface area contributed by atoms with Gasteiger partial charge in [-0.15, -0.1) is 11.3 Å². The number of aryl methyl sites for hydroxylation is 1. The second-order valence-electron chi connectivity index (χ2n) is 5.67. The van der Waals surface area contributed by atoms with Gasteiger partial charge in [0, 0.05) is 4.88 Å². The zero-order valence-corrected chi connectivity index (χ0v) is 13.5. The van der Waals surface area contributed by atoms with E-state index in [-0.39, 0.29) is 17.8 Å². The average molecular weight is 310 g/mol. The van der Waals surface area contributed by atoms with E-state index in [4.69, 9.17) is 10.5 Å². The highest BCUT2D eigenvalue weighted by Gasteiger charge is 2.28. The summed E-state index contributed by atoms with van der Waals surface area (Å²) < 4.78 is 4.88. The molecule has 0 aliphatic heterocycles. The van der Waals surface area contributed by atoms with E-state index in [1.54, 1.807) is 0 Å². The van der Waals surface area contributed by atoms with Crippen LogP contribution < -0.4 is 11.1 Å². The lowest BCUT2D eigenvalue weighted by Gasteiger charge is -2.15. The summed E-state index contributed by atoms with van der Waals surface area (Å²) in [5.41, 5.74) is 7.41. The van der Waals surface area contributed by atoms with E-state index in [1.165, 1.54) is 23.3 Å². The van der Waals surface area contributed by atoms with Gasteiger partial charge in [0.05, 0.1) is 18.7 Å². The molecule has 5 nitrogen and oxygen atoms in total. The van der Waals surface area contributed by atoms with Crippen molar-refractivity contribution in [3.05, 3.63) is 16.0 Å². The molecule has 2 rings (SSSR count). The Morgan fingerprint density at radius 3 is 2.57 bits per heavy atom. The highest BCUT2D eigenvalue weighted by Crippen LogP contribution is 2.38. The smallest absolute Gasteiger partial charge is 0.341 e.